The number of carbonyl (C=O) groups excluding carboxylic acids is 1. The van der Waals surface area contributed by atoms with E-state index < -0.39 is 24.0 Å². The molecule has 4 aliphatic heterocycles. The van der Waals surface area contributed by atoms with E-state index in [4.69, 9.17) is 24.0 Å². The van der Waals surface area contributed by atoms with Crippen molar-refractivity contribution in [2.75, 3.05) is 0 Å². The average Bonchev–Trinajstić information content (AvgIpc) is 2.70. The summed E-state index contributed by atoms with van der Waals surface area (Å²) in [6.45, 7) is 7.64. The summed E-state index contributed by atoms with van der Waals surface area (Å²) in [4.78, 5) is 23.2. The molecule has 4 saturated heterocycles. The van der Waals surface area contributed by atoms with Gasteiger partial charge in [0.15, 0.2) is 11.9 Å². The maximum Gasteiger partial charge on any atom is 0.304 e. The molecule has 1 spiro atoms. The Balaban J connectivity index is 1.74. The Kier molecular flexibility index (Phi) is 3.54. The van der Waals surface area contributed by atoms with E-state index in [1.807, 2.05) is 6.92 Å². The lowest BCUT2D eigenvalue weighted by Gasteiger charge is -2.59. The molecule has 0 amide bonds. The fourth-order valence-corrected chi connectivity index (χ4v) is 5.17. The van der Waals surface area contributed by atoms with Crippen LogP contribution in [-0.2, 0) is 28.8 Å². The molecule has 5 aliphatic rings. The molecule has 0 N–H and O–H groups in total. The standard InChI is InChI=1S/C17H26O6/c1-9-5-6-13-10(2)14(19-11(3)18)20-15-17(13)12(9)7-8-16(4,21-15)22-23-17/h9-10,12-15H,5-8H2,1-4H3/t9-,10-,12+,13+,14-,15-,16+,17-/m1/s1. The molecule has 4 heterocycles. The maximum atomic E-state index is 11.4. The summed E-state index contributed by atoms with van der Waals surface area (Å²) in [5.74, 6) is -0.0347. The first-order chi connectivity index (χ1) is 10.9. The minimum atomic E-state index is -0.793. The van der Waals surface area contributed by atoms with E-state index in [1.165, 1.54) is 6.92 Å². The van der Waals surface area contributed by atoms with Crippen molar-refractivity contribution in [1.82, 2.24) is 0 Å². The summed E-state index contributed by atoms with van der Waals surface area (Å²) in [5.41, 5.74) is -0.594. The number of ether oxygens (including phenoxy) is 3. The monoisotopic (exact) mass is 326 g/mol. The van der Waals surface area contributed by atoms with Crippen molar-refractivity contribution < 1.29 is 28.8 Å². The molecule has 8 atom stereocenters. The molecule has 0 aromatic heterocycles. The van der Waals surface area contributed by atoms with E-state index >= 15 is 0 Å². The van der Waals surface area contributed by atoms with Gasteiger partial charge in [-0.2, -0.15) is 0 Å². The van der Waals surface area contributed by atoms with Crippen LogP contribution in [0.4, 0.5) is 0 Å². The van der Waals surface area contributed by atoms with Crippen LogP contribution < -0.4 is 0 Å². The van der Waals surface area contributed by atoms with Crippen molar-refractivity contribution in [3.8, 4) is 0 Å². The quantitative estimate of drug-likeness (QED) is 0.545. The molecule has 1 saturated carbocycles. The van der Waals surface area contributed by atoms with E-state index in [9.17, 15) is 4.79 Å². The zero-order valence-corrected chi connectivity index (χ0v) is 14.2. The van der Waals surface area contributed by atoms with Gasteiger partial charge in [0.05, 0.1) is 0 Å². The molecule has 0 radical (unpaired) electrons. The summed E-state index contributed by atoms with van der Waals surface area (Å²) in [6, 6.07) is 0. The molecule has 0 aromatic carbocycles. The predicted octanol–water partition coefficient (Wildman–Crippen LogP) is 2.76. The van der Waals surface area contributed by atoms with Crippen LogP contribution in [0.5, 0.6) is 0 Å². The van der Waals surface area contributed by atoms with Gasteiger partial charge < -0.3 is 14.2 Å². The average molecular weight is 326 g/mol. The first-order valence-corrected chi connectivity index (χ1v) is 8.73. The van der Waals surface area contributed by atoms with E-state index in [0.29, 0.717) is 11.8 Å². The van der Waals surface area contributed by atoms with Crippen LogP contribution in [0, 0.1) is 23.7 Å². The summed E-state index contributed by atoms with van der Waals surface area (Å²) in [6.07, 6.45) is 2.78. The SMILES string of the molecule is CC(=O)O[C@@H]1O[C@@H]2O[C@]3(C)CC[C@H]4[C@H](C)CC[C@@H]([C@H]1C)[C@@]24OO3. The fraction of sp³-hybridized carbons (Fsp3) is 0.941. The van der Waals surface area contributed by atoms with Gasteiger partial charge in [0.1, 0.15) is 0 Å². The highest BCUT2D eigenvalue weighted by Gasteiger charge is 2.69. The third-order valence-corrected chi connectivity index (χ3v) is 6.38. The molecule has 6 heteroatoms. The van der Waals surface area contributed by atoms with E-state index in [-0.39, 0.29) is 17.8 Å². The third kappa shape index (κ3) is 2.18. The number of rotatable bonds is 1. The topological polar surface area (TPSA) is 63.2 Å². The summed E-state index contributed by atoms with van der Waals surface area (Å²) in [7, 11) is 0. The van der Waals surface area contributed by atoms with Crippen molar-refractivity contribution in [1.29, 1.82) is 0 Å². The molecule has 5 fully saturated rings. The molecular weight excluding hydrogens is 300 g/mol. The van der Waals surface area contributed by atoms with Crippen LogP contribution in [0.2, 0.25) is 0 Å². The molecule has 0 aromatic rings. The highest BCUT2D eigenvalue weighted by molar-refractivity contribution is 5.66. The summed E-state index contributed by atoms with van der Waals surface area (Å²) < 4.78 is 17.7. The number of hydrogen-bond acceptors (Lipinski definition) is 6. The van der Waals surface area contributed by atoms with E-state index in [0.717, 1.165) is 25.7 Å². The Labute approximate surface area is 136 Å². The molecule has 0 unspecified atom stereocenters. The van der Waals surface area contributed by atoms with Gasteiger partial charge in [-0.25, -0.2) is 9.78 Å². The Morgan fingerprint density at radius 1 is 1.13 bits per heavy atom. The highest BCUT2D eigenvalue weighted by atomic mass is 17.3. The Morgan fingerprint density at radius 3 is 2.65 bits per heavy atom. The van der Waals surface area contributed by atoms with Crippen molar-refractivity contribution in [3.05, 3.63) is 0 Å². The highest BCUT2D eigenvalue weighted by Crippen LogP contribution is 2.60. The van der Waals surface area contributed by atoms with Crippen LogP contribution in [-0.4, -0.2) is 29.9 Å². The van der Waals surface area contributed by atoms with Gasteiger partial charge >= 0.3 is 5.97 Å². The van der Waals surface area contributed by atoms with Crippen molar-refractivity contribution in [3.63, 3.8) is 0 Å². The molecule has 130 valence electrons. The van der Waals surface area contributed by atoms with E-state index in [2.05, 4.69) is 13.8 Å². The van der Waals surface area contributed by atoms with Gasteiger partial charge in [0.2, 0.25) is 12.1 Å². The van der Waals surface area contributed by atoms with Gasteiger partial charge in [-0.1, -0.05) is 13.8 Å². The second-order valence-corrected chi connectivity index (χ2v) is 7.88. The second kappa shape index (κ2) is 5.15. The summed E-state index contributed by atoms with van der Waals surface area (Å²) in [5, 5.41) is 0. The third-order valence-electron chi connectivity index (χ3n) is 6.38. The lowest BCUT2D eigenvalue weighted by molar-refractivity contribution is -0.576. The number of fused-ring (bicyclic) bond motifs is 2. The first kappa shape index (κ1) is 15.8. The fourth-order valence-electron chi connectivity index (χ4n) is 5.17. The van der Waals surface area contributed by atoms with Crippen molar-refractivity contribution >= 4 is 5.97 Å². The largest absolute Gasteiger partial charge is 0.436 e. The molecular formula is C17H26O6. The Morgan fingerprint density at radius 2 is 1.91 bits per heavy atom. The van der Waals surface area contributed by atoms with Crippen LogP contribution >= 0.6 is 0 Å². The number of esters is 1. The van der Waals surface area contributed by atoms with Crippen LogP contribution in [0.3, 0.4) is 0 Å². The zero-order valence-electron chi connectivity index (χ0n) is 14.2. The number of hydrogen-bond donors (Lipinski definition) is 0. The second-order valence-electron chi connectivity index (χ2n) is 7.88. The minimum absolute atomic E-state index is 0.0415. The van der Waals surface area contributed by atoms with Crippen molar-refractivity contribution in [2.45, 2.75) is 77.3 Å². The molecule has 2 bridgehead atoms. The molecule has 1 aliphatic carbocycles. The van der Waals surface area contributed by atoms with E-state index in [1.54, 1.807) is 0 Å². The van der Waals surface area contributed by atoms with Gasteiger partial charge in [-0.15, -0.1) is 0 Å². The van der Waals surface area contributed by atoms with Crippen molar-refractivity contribution in [2.24, 2.45) is 23.7 Å². The predicted molar refractivity (Wildman–Crippen MR) is 78.6 cm³/mol. The molecule has 5 rings (SSSR count). The number of carbonyl (C=O) groups is 1. The van der Waals surface area contributed by atoms with Gasteiger partial charge in [0, 0.05) is 25.2 Å². The van der Waals surface area contributed by atoms with Gasteiger partial charge in [-0.05, 0) is 38.0 Å². The van der Waals surface area contributed by atoms with Crippen LogP contribution in [0.1, 0.15) is 53.4 Å². The normalized spacial score (nSPS) is 55.0. The molecule has 6 nitrogen and oxygen atoms in total. The maximum absolute atomic E-state index is 11.4. The lowest BCUT2D eigenvalue weighted by atomic mass is 9.58. The first-order valence-electron chi connectivity index (χ1n) is 8.73. The summed E-state index contributed by atoms with van der Waals surface area (Å²) >= 11 is 0. The molecule has 23 heavy (non-hydrogen) atoms. The lowest BCUT2D eigenvalue weighted by Crippen LogP contribution is -2.70. The van der Waals surface area contributed by atoms with Crippen LogP contribution in [0.15, 0.2) is 0 Å². The van der Waals surface area contributed by atoms with Gasteiger partial charge in [0.25, 0.3) is 0 Å². The van der Waals surface area contributed by atoms with Crippen LogP contribution in [0.25, 0.3) is 0 Å². The van der Waals surface area contributed by atoms with Gasteiger partial charge in [-0.3, -0.25) is 4.79 Å². The Hall–Kier alpha value is -0.690. The minimum Gasteiger partial charge on any atom is -0.436 e. The zero-order chi connectivity index (χ0) is 16.4. The smallest absolute Gasteiger partial charge is 0.304 e. The Bertz CT molecular complexity index is 509.